The number of anilines is 1. The molecule has 120 valence electrons. The number of carbonyl (C=O) groups is 1. The Morgan fingerprint density at radius 1 is 0.875 bits per heavy atom. The molecule has 0 aliphatic carbocycles. The van der Waals surface area contributed by atoms with Gasteiger partial charge < -0.3 is 10.1 Å². The van der Waals surface area contributed by atoms with Crippen LogP contribution in [-0.2, 0) is 0 Å². The van der Waals surface area contributed by atoms with E-state index in [4.69, 9.17) is 4.74 Å². The van der Waals surface area contributed by atoms with Crippen molar-refractivity contribution in [1.82, 2.24) is 0 Å². The summed E-state index contributed by atoms with van der Waals surface area (Å²) in [6.07, 6.45) is 0. The van der Waals surface area contributed by atoms with E-state index in [0.717, 1.165) is 15.5 Å². The fourth-order valence-electron chi connectivity index (χ4n) is 2.30. The van der Waals surface area contributed by atoms with E-state index in [1.54, 1.807) is 31.0 Å². The van der Waals surface area contributed by atoms with Gasteiger partial charge in [-0.3, -0.25) is 4.79 Å². The molecule has 0 aliphatic heterocycles. The van der Waals surface area contributed by atoms with Crippen LogP contribution in [0.3, 0.4) is 0 Å². The van der Waals surface area contributed by atoms with Crippen LogP contribution in [0.25, 0.3) is 0 Å². The van der Waals surface area contributed by atoms with E-state index in [-0.39, 0.29) is 5.91 Å². The average molecular weight is 335 g/mol. The third-order valence-electron chi connectivity index (χ3n) is 3.46. The minimum atomic E-state index is -0.187. The molecule has 3 nitrogen and oxygen atoms in total. The van der Waals surface area contributed by atoms with Gasteiger partial charge in [-0.1, -0.05) is 54.2 Å². The number of benzene rings is 3. The average Bonchev–Trinajstić information content (AvgIpc) is 2.64. The number of carbonyl (C=O) groups excluding carboxylic acids is 1. The second-order valence-electron chi connectivity index (χ2n) is 5.07. The molecule has 1 amide bonds. The summed E-state index contributed by atoms with van der Waals surface area (Å²) in [5.74, 6) is 0.372. The van der Waals surface area contributed by atoms with Crippen molar-refractivity contribution in [2.75, 3.05) is 12.4 Å². The van der Waals surface area contributed by atoms with Gasteiger partial charge in [0.05, 0.1) is 18.4 Å². The number of hydrogen-bond acceptors (Lipinski definition) is 3. The molecule has 0 fully saturated rings. The number of rotatable bonds is 5. The first-order chi connectivity index (χ1) is 11.8. The zero-order valence-corrected chi connectivity index (χ0v) is 14.0. The summed E-state index contributed by atoms with van der Waals surface area (Å²) in [6, 6.07) is 25.0. The third-order valence-corrected chi connectivity index (χ3v) is 4.54. The summed E-state index contributed by atoms with van der Waals surface area (Å²) in [7, 11) is 1.56. The molecule has 4 heteroatoms. The van der Waals surface area contributed by atoms with Gasteiger partial charge in [0, 0.05) is 9.79 Å². The zero-order chi connectivity index (χ0) is 16.8. The fraction of sp³-hybridized carbons (Fsp3) is 0.0500. The summed E-state index contributed by atoms with van der Waals surface area (Å²) in [6.45, 7) is 0. The summed E-state index contributed by atoms with van der Waals surface area (Å²) in [5.41, 5.74) is 1.29. The van der Waals surface area contributed by atoms with Crippen LogP contribution in [0.1, 0.15) is 10.4 Å². The Labute approximate surface area is 145 Å². The van der Waals surface area contributed by atoms with Crippen LogP contribution in [0.2, 0.25) is 0 Å². The van der Waals surface area contributed by atoms with Crippen molar-refractivity contribution in [1.29, 1.82) is 0 Å². The van der Waals surface area contributed by atoms with Crippen LogP contribution in [-0.4, -0.2) is 13.0 Å². The summed E-state index contributed by atoms with van der Waals surface area (Å²) in [4.78, 5) is 14.7. The van der Waals surface area contributed by atoms with Gasteiger partial charge in [0.15, 0.2) is 0 Å². The van der Waals surface area contributed by atoms with Gasteiger partial charge in [0.2, 0.25) is 0 Å². The van der Waals surface area contributed by atoms with Crippen LogP contribution in [0, 0.1) is 0 Å². The van der Waals surface area contributed by atoms with E-state index >= 15 is 0 Å². The normalized spacial score (nSPS) is 10.2. The molecule has 0 atom stereocenters. The molecular weight excluding hydrogens is 318 g/mol. The molecule has 0 aromatic heterocycles. The van der Waals surface area contributed by atoms with E-state index in [1.165, 1.54) is 0 Å². The topological polar surface area (TPSA) is 38.3 Å². The van der Waals surface area contributed by atoms with Crippen molar-refractivity contribution >= 4 is 23.4 Å². The maximum absolute atomic E-state index is 12.6. The second kappa shape index (κ2) is 7.70. The molecule has 0 heterocycles. The van der Waals surface area contributed by atoms with Crippen molar-refractivity contribution in [2.45, 2.75) is 9.79 Å². The first-order valence-corrected chi connectivity index (χ1v) is 8.36. The highest BCUT2D eigenvalue weighted by atomic mass is 32.2. The molecule has 24 heavy (non-hydrogen) atoms. The van der Waals surface area contributed by atoms with Crippen molar-refractivity contribution in [3.05, 3.63) is 84.4 Å². The number of methoxy groups -OCH3 is 1. The van der Waals surface area contributed by atoms with Gasteiger partial charge in [-0.2, -0.15) is 0 Å². The molecule has 1 N–H and O–H groups in total. The third kappa shape index (κ3) is 3.78. The van der Waals surface area contributed by atoms with Crippen molar-refractivity contribution in [2.24, 2.45) is 0 Å². The van der Waals surface area contributed by atoms with Crippen LogP contribution < -0.4 is 10.1 Å². The van der Waals surface area contributed by atoms with Crippen LogP contribution >= 0.6 is 11.8 Å². The van der Waals surface area contributed by atoms with Crippen molar-refractivity contribution in [3.8, 4) is 5.75 Å². The molecular formula is C20H17NO2S. The maximum Gasteiger partial charge on any atom is 0.259 e. The molecule has 3 aromatic carbocycles. The van der Waals surface area contributed by atoms with Gasteiger partial charge in [-0.25, -0.2) is 0 Å². The lowest BCUT2D eigenvalue weighted by molar-refractivity contribution is 0.102. The zero-order valence-electron chi connectivity index (χ0n) is 13.2. The van der Waals surface area contributed by atoms with Crippen LogP contribution in [0.5, 0.6) is 5.75 Å². The van der Waals surface area contributed by atoms with Crippen molar-refractivity contribution in [3.63, 3.8) is 0 Å². The highest BCUT2D eigenvalue weighted by Crippen LogP contribution is 2.33. The van der Waals surface area contributed by atoms with Gasteiger partial charge in [-0.15, -0.1) is 0 Å². The first kappa shape index (κ1) is 16.1. The Hall–Kier alpha value is -2.72. The minimum Gasteiger partial charge on any atom is -0.496 e. The van der Waals surface area contributed by atoms with Crippen LogP contribution in [0.15, 0.2) is 88.7 Å². The van der Waals surface area contributed by atoms with E-state index in [1.807, 2.05) is 66.7 Å². The number of hydrogen-bond donors (Lipinski definition) is 1. The van der Waals surface area contributed by atoms with Crippen LogP contribution in [0.4, 0.5) is 5.69 Å². The summed E-state index contributed by atoms with van der Waals surface area (Å²) >= 11 is 1.62. The van der Waals surface area contributed by atoms with E-state index in [0.29, 0.717) is 11.3 Å². The Balaban J connectivity index is 1.84. The number of ether oxygens (including phenoxy) is 1. The highest BCUT2D eigenvalue weighted by Gasteiger charge is 2.13. The molecule has 0 saturated heterocycles. The molecule has 0 unspecified atom stereocenters. The van der Waals surface area contributed by atoms with Crippen molar-refractivity contribution < 1.29 is 9.53 Å². The molecule has 0 bridgehead atoms. The quantitative estimate of drug-likeness (QED) is 0.705. The molecule has 0 radical (unpaired) electrons. The van der Waals surface area contributed by atoms with Gasteiger partial charge in [-0.05, 0) is 36.4 Å². The Morgan fingerprint density at radius 3 is 2.33 bits per heavy atom. The molecule has 0 aliphatic rings. The summed E-state index contributed by atoms with van der Waals surface area (Å²) in [5, 5.41) is 2.98. The van der Waals surface area contributed by atoms with E-state index < -0.39 is 0 Å². The lowest BCUT2D eigenvalue weighted by Gasteiger charge is -2.12. The molecule has 0 saturated carbocycles. The van der Waals surface area contributed by atoms with Gasteiger partial charge >= 0.3 is 0 Å². The minimum absolute atomic E-state index is 0.187. The van der Waals surface area contributed by atoms with Gasteiger partial charge in [0.25, 0.3) is 5.91 Å². The monoisotopic (exact) mass is 335 g/mol. The Bertz CT molecular complexity index is 834. The lowest BCUT2D eigenvalue weighted by Crippen LogP contribution is -2.13. The number of amides is 1. The smallest absolute Gasteiger partial charge is 0.259 e. The highest BCUT2D eigenvalue weighted by molar-refractivity contribution is 7.99. The predicted octanol–water partition coefficient (Wildman–Crippen LogP) is 5.10. The molecule has 3 aromatic rings. The summed E-state index contributed by atoms with van der Waals surface area (Å²) < 4.78 is 5.26. The van der Waals surface area contributed by atoms with E-state index in [9.17, 15) is 4.79 Å². The predicted molar refractivity (Wildman–Crippen MR) is 98.0 cm³/mol. The largest absolute Gasteiger partial charge is 0.496 e. The number of nitrogens with one attached hydrogen (secondary N) is 1. The SMILES string of the molecule is COc1ccccc1C(=O)Nc1ccccc1Sc1ccccc1. The molecule has 3 rings (SSSR count). The standard InChI is InChI=1S/C20H17NO2S/c1-23-18-13-7-5-11-16(18)20(22)21-17-12-6-8-14-19(17)24-15-9-3-2-4-10-15/h2-14H,1H3,(H,21,22). The first-order valence-electron chi connectivity index (χ1n) is 7.54. The fourth-order valence-corrected chi connectivity index (χ4v) is 3.22. The van der Waals surface area contributed by atoms with Gasteiger partial charge in [0.1, 0.15) is 5.75 Å². The Morgan fingerprint density at radius 2 is 1.54 bits per heavy atom. The molecule has 0 spiro atoms. The second-order valence-corrected chi connectivity index (χ2v) is 6.18. The van der Waals surface area contributed by atoms with E-state index in [2.05, 4.69) is 5.32 Å². The Kier molecular flexibility index (Phi) is 5.18. The maximum atomic E-state index is 12.6. The number of para-hydroxylation sites is 2. The lowest BCUT2D eigenvalue weighted by atomic mass is 10.2.